The third-order valence-electron chi connectivity index (χ3n) is 6.07. The number of phosphoric ester groups is 2. The van der Waals surface area contributed by atoms with Crippen LogP contribution in [0.15, 0.2) is 30.7 Å². The van der Waals surface area contributed by atoms with Crippen LogP contribution in [0.3, 0.4) is 0 Å². The summed E-state index contributed by atoms with van der Waals surface area (Å²) < 4.78 is 50.3. The van der Waals surface area contributed by atoms with Crippen molar-refractivity contribution in [3.8, 4) is 0 Å². The van der Waals surface area contributed by atoms with Crippen LogP contribution < -0.4 is 15.2 Å². The predicted molar refractivity (Wildman–Crippen MR) is 124 cm³/mol. The van der Waals surface area contributed by atoms with Crippen molar-refractivity contribution < 1.29 is 81.4 Å². The fraction of sp³-hybridized carbons (Fsp3) is 0.526. The van der Waals surface area contributed by atoms with Gasteiger partial charge in [0, 0.05) is 6.07 Å². The predicted octanol–water partition coefficient (Wildman–Crippen LogP) is -4.08. The molecule has 42 heavy (non-hydrogen) atoms. The summed E-state index contributed by atoms with van der Waals surface area (Å²) in [5, 5.41) is 56.6. The van der Waals surface area contributed by atoms with Gasteiger partial charge in [-0.05, 0) is 6.07 Å². The van der Waals surface area contributed by atoms with Crippen molar-refractivity contribution in [1.29, 1.82) is 0 Å². The SMILES string of the molecule is NC(=O)c1ccc[n+]([C@@H]2O[C@H](COP(=O)([O-])OP(=O)(O)OC[C@@H]3O[C@H](n4cc(C(=O)O)nn4)[C@@H](O)[C@H]3O)[C@@H](O)[C@H]2O)c1. The molecule has 2 aliphatic heterocycles. The summed E-state index contributed by atoms with van der Waals surface area (Å²) in [5.74, 6) is -2.22. The maximum atomic E-state index is 12.2. The van der Waals surface area contributed by atoms with Gasteiger partial charge in [0.15, 0.2) is 30.4 Å². The summed E-state index contributed by atoms with van der Waals surface area (Å²) in [6.45, 7) is -1.98. The molecule has 2 aromatic heterocycles. The van der Waals surface area contributed by atoms with E-state index in [0.29, 0.717) is 0 Å². The van der Waals surface area contributed by atoms with E-state index in [0.717, 1.165) is 10.9 Å². The second-order valence-electron chi connectivity index (χ2n) is 8.97. The summed E-state index contributed by atoms with van der Waals surface area (Å²) in [7, 11) is -11.1. The first-order chi connectivity index (χ1) is 19.6. The number of phosphoric acid groups is 2. The number of aromatic carboxylic acids is 1. The lowest BCUT2D eigenvalue weighted by Crippen LogP contribution is -2.46. The van der Waals surface area contributed by atoms with Gasteiger partial charge in [0.1, 0.15) is 36.1 Å². The van der Waals surface area contributed by atoms with Gasteiger partial charge in [-0.1, -0.05) is 5.21 Å². The molecule has 0 radical (unpaired) electrons. The Morgan fingerprint density at radius 1 is 1.07 bits per heavy atom. The monoisotopic (exact) mass is 641 g/mol. The Balaban J connectivity index is 1.30. The van der Waals surface area contributed by atoms with Crippen LogP contribution in [0, 0.1) is 0 Å². The number of aromatic nitrogens is 4. The average molecular weight is 641 g/mol. The molecule has 0 saturated carbocycles. The van der Waals surface area contributed by atoms with Gasteiger partial charge in [-0.25, -0.2) is 18.4 Å². The summed E-state index contributed by atoms with van der Waals surface area (Å²) in [6.07, 6.45) is -9.10. The number of hydrogen-bond donors (Lipinski definition) is 7. The summed E-state index contributed by atoms with van der Waals surface area (Å²) in [6, 6.07) is 2.79. The molecule has 21 nitrogen and oxygen atoms in total. The number of pyridine rings is 1. The number of rotatable bonds is 12. The van der Waals surface area contributed by atoms with Crippen LogP contribution in [-0.2, 0) is 32.0 Å². The van der Waals surface area contributed by atoms with Crippen molar-refractivity contribution in [3.63, 3.8) is 0 Å². The van der Waals surface area contributed by atoms with Gasteiger partial charge in [-0.2, -0.15) is 4.57 Å². The lowest BCUT2D eigenvalue weighted by Gasteiger charge is -2.26. The quantitative estimate of drug-likeness (QED) is 0.0855. The molecule has 4 heterocycles. The number of carboxylic acid groups (broad SMARTS) is 1. The van der Waals surface area contributed by atoms with E-state index in [9.17, 15) is 48.9 Å². The molecule has 2 aromatic rings. The zero-order valence-electron chi connectivity index (χ0n) is 20.9. The Morgan fingerprint density at radius 2 is 1.71 bits per heavy atom. The molecule has 2 aliphatic rings. The van der Waals surface area contributed by atoms with E-state index in [-0.39, 0.29) is 5.56 Å². The first-order valence-electron chi connectivity index (χ1n) is 11.7. The molecule has 0 bridgehead atoms. The van der Waals surface area contributed by atoms with Crippen molar-refractivity contribution in [2.45, 2.75) is 49.1 Å². The highest BCUT2D eigenvalue weighted by Crippen LogP contribution is 2.58. The summed E-state index contributed by atoms with van der Waals surface area (Å²) >= 11 is 0. The molecule has 232 valence electrons. The zero-order chi connectivity index (χ0) is 31.0. The van der Waals surface area contributed by atoms with Gasteiger partial charge < -0.3 is 55.1 Å². The number of ether oxygens (including phenoxy) is 2. The van der Waals surface area contributed by atoms with Crippen molar-refractivity contribution in [2.75, 3.05) is 13.2 Å². The minimum atomic E-state index is -5.64. The lowest BCUT2D eigenvalue weighted by atomic mass is 10.1. The van der Waals surface area contributed by atoms with Crippen LogP contribution in [-0.4, -0.2) is 107 Å². The second-order valence-corrected chi connectivity index (χ2v) is 12.0. The fourth-order valence-electron chi connectivity index (χ4n) is 4.00. The lowest BCUT2D eigenvalue weighted by molar-refractivity contribution is -0.765. The molecular formula is C19H25N5O16P2. The van der Waals surface area contributed by atoms with Crippen LogP contribution in [0.4, 0.5) is 0 Å². The Hall–Kier alpha value is -2.75. The fourth-order valence-corrected chi connectivity index (χ4v) is 6.05. The molecule has 10 atom stereocenters. The van der Waals surface area contributed by atoms with Crippen LogP contribution in [0.25, 0.3) is 0 Å². The molecular weight excluding hydrogens is 616 g/mol. The minimum Gasteiger partial charge on any atom is -0.756 e. The maximum Gasteiger partial charge on any atom is 0.478 e. The van der Waals surface area contributed by atoms with Gasteiger partial charge in [-0.3, -0.25) is 13.9 Å². The molecule has 1 amide bonds. The van der Waals surface area contributed by atoms with E-state index in [2.05, 4.69) is 23.7 Å². The Bertz CT molecular complexity index is 1410. The molecule has 0 aromatic carbocycles. The number of carbonyl (C=O) groups is 2. The first kappa shape index (κ1) is 32.2. The number of aliphatic hydroxyl groups excluding tert-OH is 4. The smallest absolute Gasteiger partial charge is 0.478 e. The van der Waals surface area contributed by atoms with Gasteiger partial charge in [0.25, 0.3) is 20.0 Å². The van der Waals surface area contributed by atoms with E-state index in [1.807, 2.05) is 0 Å². The molecule has 23 heteroatoms. The Morgan fingerprint density at radius 3 is 2.36 bits per heavy atom. The van der Waals surface area contributed by atoms with E-state index in [4.69, 9.17) is 20.3 Å². The van der Waals surface area contributed by atoms with Crippen LogP contribution in [0.2, 0.25) is 0 Å². The normalized spacial score (nSPS) is 32.3. The molecule has 2 fully saturated rings. The van der Waals surface area contributed by atoms with Gasteiger partial charge in [-0.15, -0.1) is 5.10 Å². The van der Waals surface area contributed by atoms with Gasteiger partial charge in [0.2, 0.25) is 0 Å². The van der Waals surface area contributed by atoms with Crippen molar-refractivity contribution in [2.24, 2.45) is 5.73 Å². The van der Waals surface area contributed by atoms with Crippen molar-refractivity contribution in [1.82, 2.24) is 15.0 Å². The van der Waals surface area contributed by atoms with E-state index in [1.165, 1.54) is 29.1 Å². The molecule has 0 aliphatic carbocycles. The third-order valence-corrected chi connectivity index (χ3v) is 8.63. The average Bonchev–Trinajstić information content (AvgIpc) is 3.59. The Kier molecular flexibility index (Phi) is 9.55. The molecule has 0 spiro atoms. The molecule has 4 rings (SSSR count). The second kappa shape index (κ2) is 12.5. The highest BCUT2D eigenvalue weighted by molar-refractivity contribution is 7.60. The molecule has 8 N–H and O–H groups in total. The zero-order valence-corrected chi connectivity index (χ0v) is 22.7. The van der Waals surface area contributed by atoms with E-state index in [1.54, 1.807) is 0 Å². The van der Waals surface area contributed by atoms with Gasteiger partial charge >= 0.3 is 13.8 Å². The largest absolute Gasteiger partial charge is 0.756 e. The van der Waals surface area contributed by atoms with Crippen LogP contribution in [0.5, 0.6) is 0 Å². The van der Waals surface area contributed by atoms with Crippen molar-refractivity contribution >= 4 is 27.5 Å². The van der Waals surface area contributed by atoms with E-state index < -0.39 is 95.5 Å². The molecule has 2 saturated heterocycles. The Labute approximate surface area is 234 Å². The highest BCUT2D eigenvalue weighted by atomic mass is 31.3. The minimum absolute atomic E-state index is 0.0462. The number of carboxylic acids is 1. The first-order valence-corrected chi connectivity index (χ1v) is 14.7. The van der Waals surface area contributed by atoms with Crippen LogP contribution in [0.1, 0.15) is 33.3 Å². The number of aliphatic hydroxyl groups is 4. The number of nitrogens with zero attached hydrogens (tertiary/aromatic N) is 4. The van der Waals surface area contributed by atoms with E-state index >= 15 is 0 Å². The van der Waals surface area contributed by atoms with Crippen molar-refractivity contribution in [3.05, 3.63) is 42.0 Å². The standard InChI is InChI=1S/C19H25N5O16P2/c20-16(29)8-2-1-3-23(4-8)17-14(27)12(25)10(38-17)6-36-41(32,33)40-42(34,35)37-7-11-13(26)15(28)18(39-11)24-5-9(19(30)31)21-22-24/h1-5,10-15,17-18,25-28H,6-7H2,(H4-,20,29,30,31,32,33,34,35)/t10-,11+,12-,13+,14-,15+,17-,18+/m1/s1. The number of carbonyl (C=O) groups excluding carboxylic acids is 1. The summed E-state index contributed by atoms with van der Waals surface area (Å²) in [5.41, 5.74) is 4.76. The maximum absolute atomic E-state index is 12.2. The van der Waals surface area contributed by atoms with Crippen LogP contribution >= 0.6 is 15.6 Å². The number of nitrogens with two attached hydrogens (primary N) is 1. The number of hydrogen-bond acceptors (Lipinski definition) is 16. The summed E-state index contributed by atoms with van der Waals surface area (Å²) in [4.78, 5) is 44.4. The number of amides is 1. The third kappa shape index (κ3) is 7.24. The molecule has 2 unspecified atom stereocenters. The number of primary amides is 1. The van der Waals surface area contributed by atoms with Gasteiger partial charge in [0.05, 0.1) is 19.4 Å². The topological polar surface area (TPSA) is 319 Å². The highest BCUT2D eigenvalue weighted by Gasteiger charge is 2.49.